The van der Waals surface area contributed by atoms with Crippen LogP contribution in [0.25, 0.3) is 0 Å². The summed E-state index contributed by atoms with van der Waals surface area (Å²) in [5, 5.41) is 11.6. The van der Waals surface area contributed by atoms with Gasteiger partial charge in [-0.2, -0.15) is 0 Å². The fourth-order valence-electron chi connectivity index (χ4n) is 3.98. The Hall–Kier alpha value is -3.72. The van der Waals surface area contributed by atoms with Crippen LogP contribution in [0.3, 0.4) is 0 Å². The molecule has 0 radical (unpaired) electrons. The van der Waals surface area contributed by atoms with Gasteiger partial charge in [0.1, 0.15) is 11.5 Å². The standard InChI is InChI=1S/C24H23N3O5S/c1-13-23(33-14(2)26-13)21(28)19-20(17-10-16(31-3)7-8-18(17)32-4)27(24(30)22(19)29)12-15-6-5-9-25-11-15/h5-11,20,29H,12H2,1-4H3. The molecule has 1 aromatic carbocycles. The number of benzene rings is 1. The second kappa shape index (κ2) is 9.03. The number of hydrogen-bond acceptors (Lipinski definition) is 8. The molecule has 0 saturated heterocycles. The summed E-state index contributed by atoms with van der Waals surface area (Å²) in [6.07, 6.45) is 3.28. The van der Waals surface area contributed by atoms with E-state index in [0.717, 1.165) is 10.6 Å². The number of aliphatic hydroxyl groups is 1. The van der Waals surface area contributed by atoms with Gasteiger partial charge in [0.2, 0.25) is 5.78 Å². The van der Waals surface area contributed by atoms with Crippen LogP contribution in [0.2, 0.25) is 0 Å². The molecule has 8 nitrogen and oxygen atoms in total. The topological polar surface area (TPSA) is 102 Å². The molecule has 3 aromatic rings. The average Bonchev–Trinajstić information content (AvgIpc) is 3.29. The number of nitrogens with zero attached hydrogens (tertiary/aromatic N) is 3. The third kappa shape index (κ3) is 4.07. The van der Waals surface area contributed by atoms with Gasteiger partial charge in [0.25, 0.3) is 5.91 Å². The van der Waals surface area contributed by atoms with Gasteiger partial charge in [0.05, 0.1) is 41.4 Å². The third-order valence-corrected chi connectivity index (χ3v) is 6.54. The Balaban J connectivity index is 1.89. The zero-order valence-corrected chi connectivity index (χ0v) is 19.5. The number of rotatable bonds is 7. The van der Waals surface area contributed by atoms with E-state index < -0.39 is 23.5 Å². The van der Waals surface area contributed by atoms with E-state index in [-0.39, 0.29) is 12.1 Å². The van der Waals surface area contributed by atoms with Gasteiger partial charge in [0, 0.05) is 24.5 Å². The summed E-state index contributed by atoms with van der Waals surface area (Å²) < 4.78 is 10.9. The van der Waals surface area contributed by atoms with Crippen LogP contribution < -0.4 is 9.47 Å². The largest absolute Gasteiger partial charge is 0.503 e. The van der Waals surface area contributed by atoms with Gasteiger partial charge < -0.3 is 19.5 Å². The number of carbonyl (C=O) groups is 2. The lowest BCUT2D eigenvalue weighted by atomic mass is 9.94. The van der Waals surface area contributed by atoms with Crippen LogP contribution in [0.15, 0.2) is 54.1 Å². The SMILES string of the molecule is COc1ccc(OC)c(C2C(C(=O)c3sc(C)nc3C)=C(O)C(=O)N2Cc2cccnc2)c1. The van der Waals surface area contributed by atoms with Crippen LogP contribution in [0, 0.1) is 13.8 Å². The van der Waals surface area contributed by atoms with E-state index in [0.29, 0.717) is 27.6 Å². The lowest BCUT2D eigenvalue weighted by Crippen LogP contribution is -2.31. The predicted octanol–water partition coefficient (Wildman–Crippen LogP) is 3.95. The number of aliphatic hydroxyl groups excluding tert-OH is 1. The first-order chi connectivity index (χ1) is 15.8. The second-order valence-electron chi connectivity index (χ2n) is 7.54. The highest BCUT2D eigenvalue weighted by Crippen LogP contribution is 2.44. The number of ketones is 1. The smallest absolute Gasteiger partial charge is 0.290 e. The van der Waals surface area contributed by atoms with Crippen molar-refractivity contribution in [3.05, 3.63) is 80.8 Å². The first-order valence-electron chi connectivity index (χ1n) is 10.2. The fourth-order valence-corrected chi connectivity index (χ4v) is 4.85. The second-order valence-corrected chi connectivity index (χ2v) is 8.75. The lowest BCUT2D eigenvalue weighted by Gasteiger charge is -2.28. The van der Waals surface area contributed by atoms with Gasteiger partial charge in [-0.1, -0.05) is 6.07 Å². The van der Waals surface area contributed by atoms with E-state index in [1.54, 1.807) is 50.5 Å². The van der Waals surface area contributed by atoms with E-state index in [9.17, 15) is 14.7 Å². The van der Waals surface area contributed by atoms with Crippen molar-refractivity contribution in [3.8, 4) is 11.5 Å². The Morgan fingerprint density at radius 3 is 2.61 bits per heavy atom. The monoisotopic (exact) mass is 465 g/mol. The van der Waals surface area contributed by atoms with Crippen molar-refractivity contribution in [1.82, 2.24) is 14.9 Å². The molecular formula is C24H23N3O5S. The van der Waals surface area contributed by atoms with Crippen LogP contribution in [-0.4, -0.2) is 45.9 Å². The summed E-state index contributed by atoms with van der Waals surface area (Å²) in [5.74, 6) is -0.669. The number of carbonyl (C=O) groups excluding carboxylic acids is 2. The van der Waals surface area contributed by atoms with Gasteiger partial charge in [-0.05, 0) is 43.7 Å². The Kier molecular flexibility index (Phi) is 6.15. The molecule has 0 aliphatic carbocycles. The average molecular weight is 466 g/mol. The van der Waals surface area contributed by atoms with Crippen molar-refractivity contribution in [1.29, 1.82) is 0 Å². The Labute approximate surface area is 195 Å². The number of Topliss-reactive ketones (excluding diaryl/α,β-unsaturated/α-hetero) is 1. The molecule has 33 heavy (non-hydrogen) atoms. The fraction of sp³-hybridized carbons (Fsp3) is 0.250. The third-order valence-electron chi connectivity index (χ3n) is 5.47. The van der Waals surface area contributed by atoms with E-state index in [2.05, 4.69) is 9.97 Å². The lowest BCUT2D eigenvalue weighted by molar-refractivity contribution is -0.130. The molecule has 3 heterocycles. The molecule has 0 bridgehead atoms. The first-order valence-corrected chi connectivity index (χ1v) is 11.0. The molecule has 1 atom stereocenters. The highest BCUT2D eigenvalue weighted by Gasteiger charge is 2.45. The quantitative estimate of drug-likeness (QED) is 0.527. The number of methoxy groups -OCH3 is 2. The van der Waals surface area contributed by atoms with Crippen molar-refractivity contribution in [2.45, 2.75) is 26.4 Å². The van der Waals surface area contributed by atoms with Gasteiger partial charge >= 0.3 is 0 Å². The molecule has 170 valence electrons. The van der Waals surface area contributed by atoms with E-state index in [4.69, 9.17) is 9.47 Å². The number of hydrogen-bond donors (Lipinski definition) is 1. The highest BCUT2D eigenvalue weighted by atomic mass is 32.1. The molecule has 1 amide bonds. The molecule has 0 spiro atoms. The van der Waals surface area contributed by atoms with Crippen molar-refractivity contribution in [3.63, 3.8) is 0 Å². The highest BCUT2D eigenvalue weighted by molar-refractivity contribution is 7.14. The zero-order chi connectivity index (χ0) is 23.7. The van der Waals surface area contributed by atoms with Crippen molar-refractivity contribution in [2.24, 2.45) is 0 Å². The maximum Gasteiger partial charge on any atom is 0.290 e. The molecule has 1 unspecified atom stereocenters. The van der Waals surface area contributed by atoms with Crippen LogP contribution >= 0.6 is 11.3 Å². The number of aryl methyl sites for hydroxylation is 2. The van der Waals surface area contributed by atoms with E-state index >= 15 is 0 Å². The summed E-state index contributed by atoms with van der Waals surface area (Å²) >= 11 is 1.23. The van der Waals surface area contributed by atoms with Crippen LogP contribution in [-0.2, 0) is 11.3 Å². The summed E-state index contributed by atoms with van der Waals surface area (Å²) in [6.45, 7) is 3.68. The zero-order valence-electron chi connectivity index (χ0n) is 18.7. The molecular weight excluding hydrogens is 442 g/mol. The minimum atomic E-state index is -0.892. The molecule has 1 aliphatic heterocycles. The Bertz CT molecular complexity index is 1250. The number of pyridine rings is 1. The van der Waals surface area contributed by atoms with Gasteiger partial charge in [-0.15, -0.1) is 11.3 Å². The number of thiazole rings is 1. The number of aromatic nitrogens is 2. The van der Waals surface area contributed by atoms with E-state index in [1.165, 1.54) is 30.5 Å². The maximum atomic E-state index is 13.7. The molecule has 1 N–H and O–H groups in total. The summed E-state index contributed by atoms with van der Waals surface area (Å²) in [6, 6.07) is 7.85. The van der Waals surface area contributed by atoms with Gasteiger partial charge in [-0.25, -0.2) is 4.98 Å². The van der Waals surface area contributed by atoms with Crippen LogP contribution in [0.5, 0.6) is 11.5 Å². The minimum Gasteiger partial charge on any atom is -0.503 e. The summed E-state index contributed by atoms with van der Waals surface area (Å²) in [4.78, 5) is 37.2. The van der Waals surface area contributed by atoms with Crippen molar-refractivity contribution >= 4 is 23.0 Å². The molecule has 0 fully saturated rings. The molecule has 4 rings (SSSR count). The molecule has 9 heteroatoms. The first kappa shape index (κ1) is 22.5. The number of ether oxygens (including phenoxy) is 2. The normalized spacial score (nSPS) is 15.8. The van der Waals surface area contributed by atoms with Gasteiger partial charge in [0.15, 0.2) is 5.76 Å². The summed E-state index contributed by atoms with van der Waals surface area (Å²) in [7, 11) is 3.04. The molecule has 2 aromatic heterocycles. The maximum absolute atomic E-state index is 13.7. The summed E-state index contributed by atoms with van der Waals surface area (Å²) in [5.41, 5.74) is 1.82. The van der Waals surface area contributed by atoms with Crippen molar-refractivity contribution in [2.75, 3.05) is 14.2 Å². The molecule has 0 saturated carbocycles. The van der Waals surface area contributed by atoms with Crippen molar-refractivity contribution < 1.29 is 24.2 Å². The van der Waals surface area contributed by atoms with E-state index in [1.807, 2.05) is 6.07 Å². The minimum absolute atomic E-state index is 0.0119. The number of amides is 1. The predicted molar refractivity (Wildman–Crippen MR) is 123 cm³/mol. The molecule has 1 aliphatic rings. The van der Waals surface area contributed by atoms with Crippen LogP contribution in [0.1, 0.15) is 37.5 Å². The van der Waals surface area contributed by atoms with Crippen LogP contribution in [0.4, 0.5) is 0 Å². The Morgan fingerprint density at radius 2 is 2.00 bits per heavy atom. The van der Waals surface area contributed by atoms with Gasteiger partial charge in [-0.3, -0.25) is 14.6 Å². The Morgan fingerprint density at radius 1 is 1.21 bits per heavy atom.